The van der Waals surface area contributed by atoms with Gasteiger partial charge in [-0.1, -0.05) is 46.9 Å². The monoisotopic (exact) mass is 425 g/mol. The topological polar surface area (TPSA) is 12.0 Å². The molecule has 2 rings (SSSR count). The number of rotatable bonds is 3. The van der Waals surface area contributed by atoms with Gasteiger partial charge in [-0.25, -0.2) is 0 Å². The first-order valence-electron chi connectivity index (χ1n) is 5.60. The van der Waals surface area contributed by atoms with Crippen LogP contribution in [0.15, 0.2) is 36.4 Å². The summed E-state index contributed by atoms with van der Waals surface area (Å²) in [4.78, 5) is 0. The molecule has 0 aliphatic rings. The minimum atomic E-state index is -0.0446. The summed E-state index contributed by atoms with van der Waals surface area (Å²) >= 11 is 20.8. The van der Waals surface area contributed by atoms with Crippen LogP contribution in [0.3, 0.4) is 0 Å². The fourth-order valence-corrected chi connectivity index (χ4v) is 3.20. The Morgan fingerprint density at radius 1 is 1.05 bits per heavy atom. The summed E-state index contributed by atoms with van der Waals surface area (Å²) < 4.78 is 1.12. The third kappa shape index (κ3) is 3.37. The summed E-state index contributed by atoms with van der Waals surface area (Å²) in [7, 11) is 1.89. The molecule has 0 saturated carbocycles. The third-order valence-electron chi connectivity index (χ3n) is 2.85. The van der Waals surface area contributed by atoms with Crippen molar-refractivity contribution in [1.82, 2.24) is 5.32 Å². The Labute approximate surface area is 141 Å². The molecule has 2 aromatic carbocycles. The predicted molar refractivity (Wildman–Crippen MR) is 91.5 cm³/mol. The molecule has 1 N–H and O–H groups in total. The number of hydrogen-bond acceptors (Lipinski definition) is 1. The Morgan fingerprint density at radius 2 is 1.79 bits per heavy atom. The van der Waals surface area contributed by atoms with Gasteiger partial charge in [0.2, 0.25) is 0 Å². The molecular weight excluding hydrogens is 415 g/mol. The molecule has 1 atom stereocenters. The minimum absolute atomic E-state index is 0.0446. The van der Waals surface area contributed by atoms with Crippen LogP contribution in [0.4, 0.5) is 0 Å². The SMILES string of the molecule is CNC(c1cc(Cl)ccc1I)c1cccc(Cl)c1Cl. The maximum Gasteiger partial charge on any atom is 0.0643 e. The van der Waals surface area contributed by atoms with Crippen molar-refractivity contribution in [3.05, 3.63) is 66.2 Å². The van der Waals surface area contributed by atoms with Gasteiger partial charge in [-0.2, -0.15) is 0 Å². The van der Waals surface area contributed by atoms with Crippen LogP contribution in [0, 0.1) is 3.57 Å². The Balaban J connectivity index is 2.56. The summed E-state index contributed by atoms with van der Waals surface area (Å²) in [5, 5.41) is 5.09. The van der Waals surface area contributed by atoms with Crippen LogP contribution in [0.1, 0.15) is 17.2 Å². The second kappa shape index (κ2) is 6.64. The number of benzene rings is 2. The van der Waals surface area contributed by atoms with E-state index in [2.05, 4.69) is 27.9 Å². The summed E-state index contributed by atoms with van der Waals surface area (Å²) in [6, 6.07) is 11.4. The highest BCUT2D eigenvalue weighted by Crippen LogP contribution is 2.35. The number of halogens is 4. The quantitative estimate of drug-likeness (QED) is 0.634. The van der Waals surface area contributed by atoms with E-state index in [1.54, 1.807) is 6.07 Å². The highest BCUT2D eigenvalue weighted by molar-refractivity contribution is 14.1. The molecule has 5 heteroatoms. The average molecular weight is 427 g/mol. The summed E-state index contributed by atoms with van der Waals surface area (Å²) in [6.45, 7) is 0. The number of hydrogen-bond donors (Lipinski definition) is 1. The molecule has 2 aromatic rings. The van der Waals surface area contributed by atoms with Crippen LogP contribution in [0.5, 0.6) is 0 Å². The molecule has 0 heterocycles. The molecule has 0 amide bonds. The van der Waals surface area contributed by atoms with Crippen molar-refractivity contribution in [3.63, 3.8) is 0 Å². The van der Waals surface area contributed by atoms with Gasteiger partial charge in [0.1, 0.15) is 0 Å². The van der Waals surface area contributed by atoms with Crippen molar-refractivity contribution in [3.8, 4) is 0 Å². The Bertz CT molecular complexity index is 599. The lowest BCUT2D eigenvalue weighted by Gasteiger charge is -2.20. The molecular formula is C14H11Cl3IN. The van der Waals surface area contributed by atoms with Gasteiger partial charge >= 0.3 is 0 Å². The highest BCUT2D eigenvalue weighted by Gasteiger charge is 2.19. The number of nitrogens with one attached hydrogen (secondary N) is 1. The van der Waals surface area contributed by atoms with E-state index in [1.807, 2.05) is 37.4 Å². The first-order valence-corrected chi connectivity index (χ1v) is 7.82. The zero-order valence-electron chi connectivity index (χ0n) is 10.1. The van der Waals surface area contributed by atoms with E-state index in [0.717, 1.165) is 14.7 Å². The summed E-state index contributed by atoms with van der Waals surface area (Å²) in [6.07, 6.45) is 0. The van der Waals surface area contributed by atoms with Crippen LogP contribution >= 0.6 is 57.4 Å². The Morgan fingerprint density at radius 3 is 2.47 bits per heavy atom. The van der Waals surface area contributed by atoms with Crippen molar-refractivity contribution in [1.29, 1.82) is 0 Å². The Hall–Kier alpha value is -0.000000000000000111. The molecule has 0 aliphatic carbocycles. The first-order chi connectivity index (χ1) is 9.04. The van der Waals surface area contributed by atoms with E-state index in [0.29, 0.717) is 15.1 Å². The van der Waals surface area contributed by atoms with E-state index in [1.165, 1.54) is 0 Å². The van der Waals surface area contributed by atoms with Crippen LogP contribution < -0.4 is 5.32 Å². The summed E-state index contributed by atoms with van der Waals surface area (Å²) in [5.74, 6) is 0. The van der Waals surface area contributed by atoms with Crippen LogP contribution in [0.25, 0.3) is 0 Å². The molecule has 0 saturated heterocycles. The van der Waals surface area contributed by atoms with Gasteiger partial charge in [0.25, 0.3) is 0 Å². The minimum Gasteiger partial charge on any atom is -0.309 e. The molecule has 100 valence electrons. The van der Waals surface area contributed by atoms with Crippen LogP contribution in [-0.2, 0) is 0 Å². The maximum absolute atomic E-state index is 6.30. The average Bonchev–Trinajstić information content (AvgIpc) is 2.39. The fourth-order valence-electron chi connectivity index (χ4n) is 1.96. The van der Waals surface area contributed by atoms with Gasteiger partial charge in [-0.05, 0) is 65.0 Å². The van der Waals surface area contributed by atoms with Crippen molar-refractivity contribution in [2.75, 3.05) is 7.05 Å². The molecule has 0 fully saturated rings. The van der Waals surface area contributed by atoms with Gasteiger partial charge in [0.15, 0.2) is 0 Å². The standard InChI is InChI=1S/C14H11Cl3IN/c1-19-14(9-3-2-4-11(16)13(9)17)10-7-8(15)5-6-12(10)18/h2-7,14,19H,1H3. The lowest BCUT2D eigenvalue weighted by Crippen LogP contribution is -2.19. The van der Waals surface area contributed by atoms with E-state index >= 15 is 0 Å². The van der Waals surface area contributed by atoms with Crippen LogP contribution in [0.2, 0.25) is 15.1 Å². The van der Waals surface area contributed by atoms with Gasteiger partial charge in [-0.15, -0.1) is 0 Å². The molecule has 0 aliphatic heterocycles. The van der Waals surface area contributed by atoms with Gasteiger partial charge in [0.05, 0.1) is 16.1 Å². The van der Waals surface area contributed by atoms with Crippen molar-refractivity contribution < 1.29 is 0 Å². The molecule has 19 heavy (non-hydrogen) atoms. The van der Waals surface area contributed by atoms with Crippen molar-refractivity contribution >= 4 is 57.4 Å². The Kier molecular flexibility index (Phi) is 5.37. The van der Waals surface area contributed by atoms with Crippen molar-refractivity contribution in [2.45, 2.75) is 6.04 Å². The van der Waals surface area contributed by atoms with Gasteiger partial charge in [-0.3, -0.25) is 0 Å². The highest BCUT2D eigenvalue weighted by atomic mass is 127. The van der Waals surface area contributed by atoms with Gasteiger partial charge < -0.3 is 5.32 Å². The lowest BCUT2D eigenvalue weighted by molar-refractivity contribution is 0.689. The first kappa shape index (κ1) is 15.4. The fraction of sp³-hybridized carbons (Fsp3) is 0.143. The normalized spacial score (nSPS) is 12.5. The zero-order chi connectivity index (χ0) is 14.0. The molecule has 1 nitrogen and oxygen atoms in total. The second-order valence-electron chi connectivity index (χ2n) is 4.03. The summed E-state index contributed by atoms with van der Waals surface area (Å²) in [5.41, 5.74) is 2.02. The van der Waals surface area contributed by atoms with Crippen LogP contribution in [-0.4, -0.2) is 7.05 Å². The molecule has 0 aromatic heterocycles. The third-order valence-corrected chi connectivity index (χ3v) is 4.90. The predicted octanol–water partition coefficient (Wildman–Crippen LogP) is 5.56. The van der Waals surface area contributed by atoms with E-state index in [-0.39, 0.29) is 6.04 Å². The smallest absolute Gasteiger partial charge is 0.0643 e. The molecule has 0 spiro atoms. The van der Waals surface area contributed by atoms with E-state index < -0.39 is 0 Å². The lowest BCUT2D eigenvalue weighted by atomic mass is 9.99. The van der Waals surface area contributed by atoms with Crippen molar-refractivity contribution in [2.24, 2.45) is 0 Å². The molecule has 0 bridgehead atoms. The largest absolute Gasteiger partial charge is 0.309 e. The van der Waals surface area contributed by atoms with E-state index in [4.69, 9.17) is 34.8 Å². The van der Waals surface area contributed by atoms with E-state index in [9.17, 15) is 0 Å². The maximum atomic E-state index is 6.30. The zero-order valence-corrected chi connectivity index (χ0v) is 14.5. The second-order valence-corrected chi connectivity index (χ2v) is 6.41. The molecule has 1 unspecified atom stereocenters. The molecule has 0 radical (unpaired) electrons. The van der Waals surface area contributed by atoms with Gasteiger partial charge in [0, 0.05) is 8.59 Å².